The standard InChI is InChI=1S/C12H15F3N2O3/c1-11(2,19)6-17-10(18)7-3-4-9(8(16)5-7)20-12(13,14)15/h3-5,19H,6,16H2,1-2H3,(H,17,18). The lowest BCUT2D eigenvalue weighted by Crippen LogP contribution is -2.38. The molecule has 0 bridgehead atoms. The van der Waals surface area contributed by atoms with Gasteiger partial charge in [-0.1, -0.05) is 0 Å². The molecular formula is C12H15F3N2O3. The molecule has 0 atom stereocenters. The Bertz CT molecular complexity index is 496. The maximum Gasteiger partial charge on any atom is 0.573 e. The van der Waals surface area contributed by atoms with E-state index in [0.717, 1.165) is 18.2 Å². The van der Waals surface area contributed by atoms with E-state index in [2.05, 4.69) is 10.1 Å². The molecule has 5 nitrogen and oxygen atoms in total. The second-order valence-electron chi connectivity index (χ2n) is 4.80. The summed E-state index contributed by atoms with van der Waals surface area (Å²) in [5.74, 6) is -1.13. The van der Waals surface area contributed by atoms with Crippen LogP contribution in [0.5, 0.6) is 5.75 Å². The van der Waals surface area contributed by atoms with Crippen LogP contribution >= 0.6 is 0 Å². The zero-order valence-electron chi connectivity index (χ0n) is 10.9. The van der Waals surface area contributed by atoms with Crippen molar-refractivity contribution in [2.45, 2.75) is 25.8 Å². The van der Waals surface area contributed by atoms with Crippen LogP contribution in [0.25, 0.3) is 0 Å². The summed E-state index contributed by atoms with van der Waals surface area (Å²) in [6.45, 7) is 3.00. The fraction of sp³-hybridized carbons (Fsp3) is 0.417. The summed E-state index contributed by atoms with van der Waals surface area (Å²) in [6.07, 6.45) is -4.85. The molecule has 0 saturated heterocycles. The van der Waals surface area contributed by atoms with Crippen LogP contribution in [0.1, 0.15) is 24.2 Å². The molecular weight excluding hydrogens is 277 g/mol. The zero-order chi connectivity index (χ0) is 15.6. The van der Waals surface area contributed by atoms with Crippen molar-refractivity contribution >= 4 is 11.6 Å². The normalized spacial score (nSPS) is 12.1. The molecule has 0 aromatic heterocycles. The van der Waals surface area contributed by atoms with Crippen molar-refractivity contribution < 1.29 is 27.8 Å². The summed E-state index contributed by atoms with van der Waals surface area (Å²) >= 11 is 0. The molecule has 0 aliphatic carbocycles. The van der Waals surface area contributed by atoms with E-state index in [1.807, 2.05) is 0 Å². The summed E-state index contributed by atoms with van der Waals surface area (Å²) in [5.41, 5.74) is 4.06. The number of nitrogens with one attached hydrogen (secondary N) is 1. The van der Waals surface area contributed by atoms with E-state index in [1.54, 1.807) is 0 Å². The van der Waals surface area contributed by atoms with Gasteiger partial charge in [-0.2, -0.15) is 0 Å². The highest BCUT2D eigenvalue weighted by molar-refractivity contribution is 5.95. The van der Waals surface area contributed by atoms with Crippen LogP contribution in [0.4, 0.5) is 18.9 Å². The lowest BCUT2D eigenvalue weighted by molar-refractivity contribution is -0.274. The van der Waals surface area contributed by atoms with Gasteiger partial charge in [0.25, 0.3) is 5.91 Å². The van der Waals surface area contributed by atoms with E-state index < -0.39 is 23.6 Å². The van der Waals surface area contributed by atoms with Gasteiger partial charge in [0.05, 0.1) is 11.3 Å². The van der Waals surface area contributed by atoms with Crippen molar-refractivity contribution in [1.29, 1.82) is 0 Å². The average Bonchev–Trinajstić information content (AvgIpc) is 2.26. The third-order valence-electron chi connectivity index (χ3n) is 2.18. The van der Waals surface area contributed by atoms with Gasteiger partial charge in [0.15, 0.2) is 5.75 Å². The highest BCUT2D eigenvalue weighted by Crippen LogP contribution is 2.28. The number of nitrogens with two attached hydrogens (primary N) is 1. The van der Waals surface area contributed by atoms with Gasteiger partial charge in [-0.25, -0.2) is 0 Å². The molecule has 0 spiro atoms. The van der Waals surface area contributed by atoms with Crippen LogP contribution in [0.3, 0.4) is 0 Å². The Balaban J connectivity index is 2.79. The largest absolute Gasteiger partial charge is 0.573 e. The van der Waals surface area contributed by atoms with Crippen molar-refractivity contribution in [1.82, 2.24) is 5.32 Å². The monoisotopic (exact) mass is 292 g/mol. The number of amides is 1. The minimum Gasteiger partial charge on any atom is -0.404 e. The van der Waals surface area contributed by atoms with Gasteiger partial charge in [-0.05, 0) is 32.0 Å². The number of hydrogen-bond acceptors (Lipinski definition) is 4. The lowest BCUT2D eigenvalue weighted by atomic mass is 10.1. The number of carbonyl (C=O) groups is 1. The average molecular weight is 292 g/mol. The Morgan fingerprint density at radius 3 is 2.45 bits per heavy atom. The Morgan fingerprint density at radius 1 is 1.40 bits per heavy atom. The Kier molecular flexibility index (Phi) is 4.49. The quantitative estimate of drug-likeness (QED) is 0.737. The maximum atomic E-state index is 12.0. The van der Waals surface area contributed by atoms with E-state index in [4.69, 9.17) is 5.73 Å². The predicted molar refractivity (Wildman–Crippen MR) is 66.2 cm³/mol. The van der Waals surface area contributed by atoms with Crippen molar-refractivity contribution in [3.8, 4) is 5.75 Å². The molecule has 1 amide bonds. The second-order valence-corrected chi connectivity index (χ2v) is 4.80. The summed E-state index contributed by atoms with van der Waals surface area (Å²) in [7, 11) is 0. The SMILES string of the molecule is CC(C)(O)CNC(=O)c1ccc(OC(F)(F)F)c(N)c1. The number of halogens is 3. The predicted octanol–water partition coefficient (Wildman–Crippen LogP) is 1.67. The molecule has 0 saturated carbocycles. The number of rotatable bonds is 4. The maximum absolute atomic E-state index is 12.0. The number of hydrogen-bond donors (Lipinski definition) is 3. The molecule has 0 aliphatic heterocycles. The van der Waals surface area contributed by atoms with Gasteiger partial charge < -0.3 is 20.9 Å². The van der Waals surface area contributed by atoms with Crippen LogP contribution < -0.4 is 15.8 Å². The number of benzene rings is 1. The van der Waals surface area contributed by atoms with Crippen molar-refractivity contribution in [2.75, 3.05) is 12.3 Å². The van der Waals surface area contributed by atoms with Gasteiger partial charge in [0.1, 0.15) is 0 Å². The molecule has 0 aliphatic rings. The highest BCUT2D eigenvalue weighted by atomic mass is 19.4. The minimum atomic E-state index is -4.85. The summed E-state index contributed by atoms with van der Waals surface area (Å²) in [5, 5.41) is 11.9. The lowest BCUT2D eigenvalue weighted by Gasteiger charge is -2.18. The first kappa shape index (κ1) is 16.1. The molecule has 112 valence electrons. The summed E-state index contributed by atoms with van der Waals surface area (Å²) in [6, 6.07) is 3.18. The molecule has 4 N–H and O–H groups in total. The molecule has 0 radical (unpaired) electrons. The number of nitrogen functional groups attached to an aromatic ring is 1. The molecule has 1 rings (SSSR count). The second kappa shape index (κ2) is 5.58. The third-order valence-corrected chi connectivity index (χ3v) is 2.18. The van der Waals surface area contributed by atoms with Crippen molar-refractivity contribution in [2.24, 2.45) is 0 Å². The van der Waals surface area contributed by atoms with Crippen molar-refractivity contribution in [3.05, 3.63) is 23.8 Å². The molecule has 1 aromatic rings. The number of ether oxygens (including phenoxy) is 1. The van der Waals surface area contributed by atoms with E-state index in [9.17, 15) is 23.1 Å². The van der Waals surface area contributed by atoms with Gasteiger partial charge in [-0.3, -0.25) is 4.79 Å². The molecule has 0 heterocycles. The van der Waals surface area contributed by atoms with Crippen LogP contribution in [0, 0.1) is 0 Å². The molecule has 0 unspecified atom stereocenters. The topological polar surface area (TPSA) is 84.6 Å². The van der Waals surface area contributed by atoms with Gasteiger partial charge >= 0.3 is 6.36 Å². The van der Waals surface area contributed by atoms with Crippen LogP contribution in [0.2, 0.25) is 0 Å². The first-order valence-electron chi connectivity index (χ1n) is 5.64. The molecule has 0 fully saturated rings. The van der Waals surface area contributed by atoms with Crippen LogP contribution in [-0.4, -0.2) is 29.5 Å². The molecule has 20 heavy (non-hydrogen) atoms. The first-order chi connectivity index (χ1) is 8.98. The summed E-state index contributed by atoms with van der Waals surface area (Å²) in [4.78, 5) is 11.7. The van der Waals surface area contributed by atoms with Gasteiger partial charge in [0, 0.05) is 12.1 Å². The van der Waals surface area contributed by atoms with E-state index in [-0.39, 0.29) is 17.8 Å². The van der Waals surface area contributed by atoms with Gasteiger partial charge in [0.2, 0.25) is 0 Å². The fourth-order valence-electron chi connectivity index (χ4n) is 1.31. The Labute approximate surface area is 113 Å². The Morgan fingerprint density at radius 2 is 2.00 bits per heavy atom. The smallest absolute Gasteiger partial charge is 0.404 e. The van der Waals surface area contributed by atoms with Crippen LogP contribution in [0.15, 0.2) is 18.2 Å². The van der Waals surface area contributed by atoms with Crippen molar-refractivity contribution in [3.63, 3.8) is 0 Å². The highest BCUT2D eigenvalue weighted by Gasteiger charge is 2.32. The van der Waals surface area contributed by atoms with E-state index >= 15 is 0 Å². The first-order valence-corrected chi connectivity index (χ1v) is 5.64. The van der Waals surface area contributed by atoms with E-state index in [1.165, 1.54) is 13.8 Å². The molecule has 1 aromatic carbocycles. The van der Waals surface area contributed by atoms with Gasteiger partial charge in [-0.15, -0.1) is 13.2 Å². The van der Waals surface area contributed by atoms with E-state index in [0.29, 0.717) is 0 Å². The number of alkyl halides is 3. The van der Waals surface area contributed by atoms with Crippen LogP contribution in [-0.2, 0) is 0 Å². The number of anilines is 1. The molecule has 8 heteroatoms. The minimum absolute atomic E-state index is 0.00740. The zero-order valence-corrected chi connectivity index (χ0v) is 10.9. The number of carbonyl (C=O) groups excluding carboxylic acids is 1. The number of aliphatic hydroxyl groups is 1. The Hall–Kier alpha value is -1.96. The fourth-order valence-corrected chi connectivity index (χ4v) is 1.31. The summed E-state index contributed by atoms with van der Waals surface area (Å²) < 4.78 is 39.8. The third kappa shape index (κ3) is 5.35.